The molecule has 0 amide bonds. The zero-order valence-electron chi connectivity index (χ0n) is 11.0. The number of halogens is 4. The minimum Gasteiger partial charge on any atom is -0.481 e. The standard InChI is InChI=1S/C15H10F4O3/c16-12-7-9(8-14(20)21)5-6-10(12)11-3-1-2-4-13(11)22-15(17,18)19/h1-7H,8H2,(H,20,21). The number of rotatable bonds is 4. The van der Waals surface area contributed by atoms with Crippen LogP contribution < -0.4 is 4.74 Å². The summed E-state index contributed by atoms with van der Waals surface area (Å²) in [4.78, 5) is 10.6. The topological polar surface area (TPSA) is 46.5 Å². The third-order valence-electron chi connectivity index (χ3n) is 2.79. The van der Waals surface area contributed by atoms with Gasteiger partial charge in [0.1, 0.15) is 11.6 Å². The Morgan fingerprint density at radius 1 is 1.09 bits per heavy atom. The molecule has 0 atom stereocenters. The smallest absolute Gasteiger partial charge is 0.481 e. The fraction of sp³-hybridized carbons (Fsp3) is 0.133. The summed E-state index contributed by atoms with van der Waals surface area (Å²) < 4.78 is 55.0. The fourth-order valence-corrected chi connectivity index (χ4v) is 1.96. The van der Waals surface area contributed by atoms with Gasteiger partial charge < -0.3 is 9.84 Å². The molecule has 0 unspecified atom stereocenters. The van der Waals surface area contributed by atoms with Crippen LogP contribution >= 0.6 is 0 Å². The lowest BCUT2D eigenvalue weighted by molar-refractivity contribution is -0.274. The maximum absolute atomic E-state index is 14.1. The zero-order chi connectivity index (χ0) is 16.3. The summed E-state index contributed by atoms with van der Waals surface area (Å²) in [5.74, 6) is -2.48. The Morgan fingerprint density at radius 3 is 2.36 bits per heavy atom. The van der Waals surface area contributed by atoms with Crippen molar-refractivity contribution in [1.82, 2.24) is 0 Å². The normalized spacial score (nSPS) is 11.3. The van der Waals surface area contributed by atoms with Crippen LogP contribution in [0.15, 0.2) is 42.5 Å². The molecule has 0 radical (unpaired) electrons. The number of carboxylic acids is 1. The third-order valence-corrected chi connectivity index (χ3v) is 2.79. The van der Waals surface area contributed by atoms with Gasteiger partial charge >= 0.3 is 12.3 Å². The summed E-state index contributed by atoms with van der Waals surface area (Å²) in [6, 6.07) is 8.70. The number of carboxylic acid groups (broad SMARTS) is 1. The van der Waals surface area contributed by atoms with E-state index in [-0.39, 0.29) is 23.1 Å². The van der Waals surface area contributed by atoms with Crippen molar-refractivity contribution in [2.24, 2.45) is 0 Å². The van der Waals surface area contributed by atoms with Crippen LogP contribution in [0.2, 0.25) is 0 Å². The highest BCUT2D eigenvalue weighted by atomic mass is 19.4. The summed E-state index contributed by atoms with van der Waals surface area (Å²) in [5, 5.41) is 8.65. The highest BCUT2D eigenvalue weighted by Crippen LogP contribution is 2.35. The minimum absolute atomic E-state index is 0.0702. The predicted molar refractivity (Wildman–Crippen MR) is 69.9 cm³/mol. The number of alkyl halides is 3. The van der Waals surface area contributed by atoms with Crippen LogP contribution in [-0.4, -0.2) is 17.4 Å². The van der Waals surface area contributed by atoms with E-state index in [4.69, 9.17) is 5.11 Å². The van der Waals surface area contributed by atoms with Crippen LogP contribution in [0, 0.1) is 5.82 Å². The molecule has 0 aliphatic carbocycles. The molecule has 0 spiro atoms. The van der Waals surface area contributed by atoms with E-state index in [2.05, 4.69) is 4.74 Å². The zero-order valence-corrected chi connectivity index (χ0v) is 11.0. The SMILES string of the molecule is O=C(O)Cc1ccc(-c2ccccc2OC(F)(F)F)c(F)c1. The van der Waals surface area contributed by atoms with Crippen molar-refractivity contribution < 1.29 is 32.2 Å². The number of aliphatic carboxylic acids is 1. The monoisotopic (exact) mass is 314 g/mol. The summed E-state index contributed by atoms with van der Waals surface area (Å²) in [5.41, 5.74) is 0.0381. The average Bonchev–Trinajstić information content (AvgIpc) is 2.37. The Kier molecular flexibility index (Phi) is 4.35. The van der Waals surface area contributed by atoms with E-state index in [1.165, 1.54) is 30.3 Å². The van der Waals surface area contributed by atoms with E-state index < -0.39 is 23.9 Å². The van der Waals surface area contributed by atoms with Gasteiger partial charge in [0.15, 0.2) is 0 Å². The van der Waals surface area contributed by atoms with Gasteiger partial charge in [-0.2, -0.15) is 0 Å². The maximum atomic E-state index is 14.1. The Bertz CT molecular complexity index is 695. The highest BCUT2D eigenvalue weighted by molar-refractivity contribution is 5.73. The molecule has 0 aliphatic heterocycles. The first-order chi connectivity index (χ1) is 10.3. The van der Waals surface area contributed by atoms with Crippen molar-refractivity contribution in [2.75, 3.05) is 0 Å². The molecule has 2 rings (SSSR count). The van der Waals surface area contributed by atoms with Gasteiger partial charge in [0.05, 0.1) is 6.42 Å². The molecular weight excluding hydrogens is 304 g/mol. The molecule has 0 fully saturated rings. The molecule has 2 aromatic rings. The number of carbonyl (C=O) groups is 1. The van der Waals surface area contributed by atoms with Crippen molar-refractivity contribution in [1.29, 1.82) is 0 Å². The van der Waals surface area contributed by atoms with Crippen molar-refractivity contribution >= 4 is 5.97 Å². The average molecular weight is 314 g/mol. The Hall–Kier alpha value is -2.57. The number of para-hydroxylation sites is 1. The van der Waals surface area contributed by atoms with E-state index in [1.54, 1.807) is 0 Å². The molecule has 7 heteroatoms. The van der Waals surface area contributed by atoms with Crippen LogP contribution in [0.25, 0.3) is 11.1 Å². The second kappa shape index (κ2) is 6.05. The van der Waals surface area contributed by atoms with Crippen LogP contribution in [-0.2, 0) is 11.2 Å². The van der Waals surface area contributed by atoms with Crippen molar-refractivity contribution in [3.05, 3.63) is 53.8 Å². The third kappa shape index (κ3) is 3.97. The first-order valence-corrected chi connectivity index (χ1v) is 6.11. The van der Waals surface area contributed by atoms with E-state index in [0.717, 1.165) is 12.1 Å². The molecule has 2 aromatic carbocycles. The van der Waals surface area contributed by atoms with Crippen LogP contribution in [0.3, 0.4) is 0 Å². The molecule has 0 heterocycles. The van der Waals surface area contributed by atoms with Crippen molar-refractivity contribution in [3.63, 3.8) is 0 Å². The van der Waals surface area contributed by atoms with E-state index in [9.17, 15) is 22.4 Å². The molecular formula is C15H10F4O3. The number of benzene rings is 2. The molecule has 0 saturated heterocycles. The quantitative estimate of drug-likeness (QED) is 0.867. The summed E-state index contributed by atoms with van der Waals surface area (Å²) >= 11 is 0. The van der Waals surface area contributed by atoms with Crippen molar-refractivity contribution in [3.8, 4) is 16.9 Å². The fourth-order valence-electron chi connectivity index (χ4n) is 1.96. The van der Waals surface area contributed by atoms with Crippen molar-refractivity contribution in [2.45, 2.75) is 12.8 Å². The Balaban J connectivity index is 2.42. The Labute approximate surface area is 122 Å². The molecule has 116 valence electrons. The number of hydrogen-bond donors (Lipinski definition) is 1. The summed E-state index contributed by atoms with van der Waals surface area (Å²) in [7, 11) is 0. The molecule has 3 nitrogen and oxygen atoms in total. The summed E-state index contributed by atoms with van der Waals surface area (Å²) in [6.45, 7) is 0. The van der Waals surface area contributed by atoms with E-state index in [0.29, 0.717) is 0 Å². The molecule has 0 bridgehead atoms. The van der Waals surface area contributed by atoms with E-state index in [1.807, 2.05) is 0 Å². The molecule has 0 saturated carbocycles. The van der Waals surface area contributed by atoms with Gasteiger partial charge in [-0.3, -0.25) is 4.79 Å². The molecule has 1 N–H and O–H groups in total. The first-order valence-electron chi connectivity index (χ1n) is 6.11. The first kappa shape index (κ1) is 15.8. The second-order valence-corrected chi connectivity index (χ2v) is 4.43. The van der Waals surface area contributed by atoms with Gasteiger partial charge in [-0.25, -0.2) is 4.39 Å². The predicted octanol–water partition coefficient (Wildman–Crippen LogP) is 4.02. The van der Waals surface area contributed by atoms with Crippen LogP contribution in [0.1, 0.15) is 5.56 Å². The molecule has 22 heavy (non-hydrogen) atoms. The van der Waals surface area contributed by atoms with Gasteiger partial charge in [0, 0.05) is 11.1 Å². The van der Waals surface area contributed by atoms with Crippen LogP contribution in [0.4, 0.5) is 17.6 Å². The summed E-state index contributed by atoms with van der Waals surface area (Å²) in [6.07, 6.45) is -5.27. The maximum Gasteiger partial charge on any atom is 0.573 e. The number of hydrogen-bond acceptors (Lipinski definition) is 2. The second-order valence-electron chi connectivity index (χ2n) is 4.43. The Morgan fingerprint density at radius 2 is 1.77 bits per heavy atom. The van der Waals surface area contributed by atoms with E-state index >= 15 is 0 Å². The van der Waals surface area contributed by atoms with Gasteiger partial charge in [0.2, 0.25) is 0 Å². The van der Waals surface area contributed by atoms with Gasteiger partial charge in [-0.1, -0.05) is 30.3 Å². The molecule has 0 aliphatic rings. The lowest BCUT2D eigenvalue weighted by atomic mass is 10.0. The minimum atomic E-state index is -4.89. The van der Waals surface area contributed by atoms with Gasteiger partial charge in [0.25, 0.3) is 0 Å². The highest BCUT2D eigenvalue weighted by Gasteiger charge is 2.32. The van der Waals surface area contributed by atoms with Gasteiger partial charge in [-0.15, -0.1) is 13.2 Å². The molecule has 0 aromatic heterocycles. The lowest BCUT2D eigenvalue weighted by Gasteiger charge is -2.14. The van der Waals surface area contributed by atoms with Crippen LogP contribution in [0.5, 0.6) is 5.75 Å². The van der Waals surface area contributed by atoms with Gasteiger partial charge in [-0.05, 0) is 17.7 Å². The number of ether oxygens (including phenoxy) is 1. The lowest BCUT2D eigenvalue weighted by Crippen LogP contribution is -2.17. The largest absolute Gasteiger partial charge is 0.573 e.